The maximum Gasteiger partial charge on any atom is 0.124 e. The summed E-state index contributed by atoms with van der Waals surface area (Å²) < 4.78 is 1.04. The molecule has 0 heterocycles. The van der Waals surface area contributed by atoms with Gasteiger partial charge in [-0.3, -0.25) is 0 Å². The minimum absolute atomic E-state index is 0.104. The zero-order valence-corrected chi connectivity index (χ0v) is 12.2. The SMILES string of the molecule is CC(NCc1ccccc1Br)c1c(O)cccc1O. The molecular formula is C15H16BrNO2. The number of benzene rings is 2. The molecule has 0 bridgehead atoms. The smallest absolute Gasteiger partial charge is 0.124 e. The number of hydrogen-bond acceptors (Lipinski definition) is 3. The van der Waals surface area contributed by atoms with Crippen LogP contribution in [0.3, 0.4) is 0 Å². The number of halogens is 1. The van der Waals surface area contributed by atoms with Gasteiger partial charge in [0.2, 0.25) is 0 Å². The Morgan fingerprint density at radius 1 is 1.05 bits per heavy atom. The fourth-order valence-corrected chi connectivity index (χ4v) is 2.42. The van der Waals surface area contributed by atoms with Crippen molar-refractivity contribution in [3.05, 3.63) is 58.1 Å². The second kappa shape index (κ2) is 6.08. The highest BCUT2D eigenvalue weighted by atomic mass is 79.9. The fraction of sp³-hybridized carbons (Fsp3) is 0.200. The van der Waals surface area contributed by atoms with Gasteiger partial charge in [-0.15, -0.1) is 0 Å². The van der Waals surface area contributed by atoms with E-state index in [1.54, 1.807) is 18.2 Å². The molecule has 1 atom stereocenters. The molecule has 3 N–H and O–H groups in total. The van der Waals surface area contributed by atoms with Crippen molar-refractivity contribution < 1.29 is 10.2 Å². The minimum Gasteiger partial charge on any atom is -0.507 e. The van der Waals surface area contributed by atoms with Gasteiger partial charge in [-0.1, -0.05) is 40.2 Å². The van der Waals surface area contributed by atoms with E-state index in [0.717, 1.165) is 10.0 Å². The van der Waals surface area contributed by atoms with Crippen LogP contribution in [0.1, 0.15) is 24.1 Å². The zero-order chi connectivity index (χ0) is 13.8. The van der Waals surface area contributed by atoms with Gasteiger partial charge in [-0.2, -0.15) is 0 Å². The minimum atomic E-state index is -0.145. The topological polar surface area (TPSA) is 52.5 Å². The number of hydrogen-bond donors (Lipinski definition) is 3. The molecule has 2 rings (SSSR count). The first-order valence-electron chi connectivity index (χ1n) is 6.07. The van der Waals surface area contributed by atoms with E-state index in [1.807, 2.05) is 31.2 Å². The number of rotatable bonds is 4. The Morgan fingerprint density at radius 2 is 1.68 bits per heavy atom. The Kier molecular flexibility index (Phi) is 4.45. The molecule has 19 heavy (non-hydrogen) atoms. The van der Waals surface area contributed by atoms with Gasteiger partial charge in [0, 0.05) is 17.1 Å². The fourth-order valence-electron chi connectivity index (χ4n) is 1.99. The van der Waals surface area contributed by atoms with E-state index in [9.17, 15) is 10.2 Å². The average Bonchev–Trinajstić information content (AvgIpc) is 2.37. The van der Waals surface area contributed by atoms with Crippen LogP contribution in [0.25, 0.3) is 0 Å². The zero-order valence-electron chi connectivity index (χ0n) is 10.6. The van der Waals surface area contributed by atoms with Crippen LogP contribution in [0, 0.1) is 0 Å². The molecule has 0 aliphatic heterocycles. The van der Waals surface area contributed by atoms with Crippen LogP contribution in [-0.4, -0.2) is 10.2 Å². The van der Waals surface area contributed by atoms with Crippen molar-refractivity contribution in [1.29, 1.82) is 0 Å². The maximum atomic E-state index is 9.80. The first-order valence-corrected chi connectivity index (χ1v) is 6.86. The van der Waals surface area contributed by atoms with E-state index in [2.05, 4.69) is 21.2 Å². The Bertz CT molecular complexity index is 552. The Hall–Kier alpha value is -1.52. The summed E-state index contributed by atoms with van der Waals surface area (Å²) in [5, 5.41) is 22.9. The lowest BCUT2D eigenvalue weighted by Gasteiger charge is -2.17. The number of phenols is 2. The second-order valence-corrected chi connectivity index (χ2v) is 5.26. The molecule has 0 radical (unpaired) electrons. The van der Waals surface area contributed by atoms with Crippen LogP contribution in [0.15, 0.2) is 46.9 Å². The van der Waals surface area contributed by atoms with Crippen molar-refractivity contribution in [2.45, 2.75) is 19.5 Å². The van der Waals surface area contributed by atoms with Gasteiger partial charge in [0.25, 0.3) is 0 Å². The van der Waals surface area contributed by atoms with Gasteiger partial charge in [0.05, 0.1) is 5.56 Å². The van der Waals surface area contributed by atoms with Gasteiger partial charge in [0.15, 0.2) is 0 Å². The molecule has 2 aromatic rings. The van der Waals surface area contributed by atoms with Crippen LogP contribution in [-0.2, 0) is 6.54 Å². The summed E-state index contributed by atoms with van der Waals surface area (Å²) in [5.74, 6) is 0.208. The molecule has 0 saturated heterocycles. The lowest BCUT2D eigenvalue weighted by atomic mass is 10.1. The molecular weight excluding hydrogens is 306 g/mol. The summed E-state index contributed by atoms with van der Waals surface area (Å²) in [6.45, 7) is 2.56. The van der Waals surface area contributed by atoms with Gasteiger partial charge >= 0.3 is 0 Å². The molecule has 2 aromatic carbocycles. The summed E-state index contributed by atoms with van der Waals surface area (Å²) in [7, 11) is 0. The van der Waals surface area contributed by atoms with Crippen molar-refractivity contribution in [1.82, 2.24) is 5.32 Å². The Balaban J connectivity index is 2.10. The van der Waals surface area contributed by atoms with Gasteiger partial charge < -0.3 is 15.5 Å². The van der Waals surface area contributed by atoms with Crippen molar-refractivity contribution in [2.75, 3.05) is 0 Å². The van der Waals surface area contributed by atoms with Crippen LogP contribution in [0.4, 0.5) is 0 Å². The first-order chi connectivity index (χ1) is 9.09. The maximum absolute atomic E-state index is 9.80. The van der Waals surface area contributed by atoms with Crippen LogP contribution >= 0.6 is 15.9 Å². The number of phenolic OH excluding ortho intramolecular Hbond substituents is 2. The third-order valence-corrected chi connectivity index (χ3v) is 3.82. The van der Waals surface area contributed by atoms with Gasteiger partial charge in [-0.05, 0) is 30.7 Å². The van der Waals surface area contributed by atoms with Crippen LogP contribution in [0.5, 0.6) is 11.5 Å². The van der Waals surface area contributed by atoms with E-state index in [-0.39, 0.29) is 17.5 Å². The summed E-state index contributed by atoms with van der Waals surface area (Å²) in [6, 6.07) is 12.6. The Morgan fingerprint density at radius 3 is 2.32 bits per heavy atom. The standard InChI is InChI=1S/C15H16BrNO2/c1-10(15-13(18)7-4-8-14(15)19)17-9-11-5-2-3-6-12(11)16/h2-8,10,17-19H,9H2,1H3. The molecule has 3 nitrogen and oxygen atoms in total. The molecule has 100 valence electrons. The predicted molar refractivity (Wildman–Crippen MR) is 79.2 cm³/mol. The lowest BCUT2D eigenvalue weighted by molar-refractivity contribution is 0.418. The monoisotopic (exact) mass is 321 g/mol. The van der Waals surface area contributed by atoms with Gasteiger partial charge in [0.1, 0.15) is 11.5 Å². The van der Waals surface area contributed by atoms with E-state index in [1.165, 1.54) is 0 Å². The molecule has 4 heteroatoms. The molecule has 0 aliphatic rings. The number of aromatic hydroxyl groups is 2. The second-order valence-electron chi connectivity index (χ2n) is 4.40. The lowest BCUT2D eigenvalue weighted by Crippen LogP contribution is -2.18. The average molecular weight is 322 g/mol. The quantitative estimate of drug-likeness (QED) is 0.804. The normalized spacial score (nSPS) is 12.3. The van der Waals surface area contributed by atoms with E-state index < -0.39 is 0 Å². The highest BCUT2D eigenvalue weighted by molar-refractivity contribution is 9.10. The summed E-state index contributed by atoms with van der Waals surface area (Å²) >= 11 is 3.49. The van der Waals surface area contributed by atoms with Crippen molar-refractivity contribution in [3.8, 4) is 11.5 Å². The van der Waals surface area contributed by atoms with Crippen molar-refractivity contribution in [2.24, 2.45) is 0 Å². The van der Waals surface area contributed by atoms with Gasteiger partial charge in [-0.25, -0.2) is 0 Å². The largest absolute Gasteiger partial charge is 0.507 e. The molecule has 0 spiro atoms. The first kappa shape index (κ1) is 13.9. The summed E-state index contributed by atoms with van der Waals surface area (Å²) in [5.41, 5.74) is 1.65. The third-order valence-electron chi connectivity index (χ3n) is 3.05. The number of nitrogens with one attached hydrogen (secondary N) is 1. The summed E-state index contributed by atoms with van der Waals surface area (Å²) in [4.78, 5) is 0. The molecule has 0 fully saturated rings. The van der Waals surface area contributed by atoms with Crippen molar-refractivity contribution in [3.63, 3.8) is 0 Å². The Labute approximate surface area is 121 Å². The van der Waals surface area contributed by atoms with Crippen LogP contribution in [0.2, 0.25) is 0 Å². The van der Waals surface area contributed by atoms with E-state index in [4.69, 9.17) is 0 Å². The molecule has 0 aromatic heterocycles. The molecule has 0 amide bonds. The van der Waals surface area contributed by atoms with Crippen molar-refractivity contribution >= 4 is 15.9 Å². The highest BCUT2D eigenvalue weighted by Crippen LogP contribution is 2.32. The highest BCUT2D eigenvalue weighted by Gasteiger charge is 2.14. The van der Waals surface area contributed by atoms with E-state index >= 15 is 0 Å². The van der Waals surface area contributed by atoms with Crippen LogP contribution < -0.4 is 5.32 Å². The molecule has 0 saturated carbocycles. The van der Waals surface area contributed by atoms with E-state index in [0.29, 0.717) is 12.1 Å². The predicted octanol–water partition coefficient (Wildman–Crippen LogP) is 3.71. The third kappa shape index (κ3) is 3.28. The summed E-state index contributed by atoms with van der Waals surface area (Å²) in [6.07, 6.45) is 0. The molecule has 0 aliphatic carbocycles. The molecule has 1 unspecified atom stereocenters.